The molecule has 1 N–H and O–H groups in total. The summed E-state index contributed by atoms with van der Waals surface area (Å²) in [5, 5.41) is 2.98. The number of rotatable bonds is 8. The van der Waals surface area contributed by atoms with E-state index in [0.717, 1.165) is 45.7 Å². The van der Waals surface area contributed by atoms with Gasteiger partial charge in [-0.2, -0.15) is 0 Å². The monoisotopic (exact) mass is 529 g/mol. The Morgan fingerprint density at radius 1 is 0.775 bits per heavy atom. The third-order valence-corrected chi connectivity index (χ3v) is 6.90. The predicted octanol–water partition coefficient (Wildman–Crippen LogP) is 7.41. The van der Waals surface area contributed by atoms with Gasteiger partial charge in [0, 0.05) is 16.8 Å². The second-order valence-corrected chi connectivity index (χ2v) is 9.61. The predicted molar refractivity (Wildman–Crippen MR) is 159 cm³/mol. The van der Waals surface area contributed by atoms with Crippen LogP contribution in [0.15, 0.2) is 97.1 Å². The number of anilines is 1. The molecule has 5 aromatic rings. The van der Waals surface area contributed by atoms with Crippen molar-refractivity contribution in [2.45, 2.75) is 39.7 Å². The van der Waals surface area contributed by atoms with E-state index in [1.807, 2.05) is 99.6 Å². The minimum atomic E-state index is -0.932. The molecule has 4 aromatic carbocycles. The number of para-hydroxylation sites is 1. The number of aryl methyl sites for hydroxylation is 2. The van der Waals surface area contributed by atoms with E-state index >= 15 is 0 Å². The number of amides is 1. The summed E-state index contributed by atoms with van der Waals surface area (Å²) in [6.07, 6.45) is 0.193. The number of hydrogen-bond donors (Lipinski definition) is 1. The maximum atomic E-state index is 13.2. The molecule has 1 aromatic heterocycles. The Morgan fingerprint density at radius 3 is 2.00 bits per heavy atom. The number of esters is 1. The third kappa shape index (κ3) is 5.61. The first-order valence-corrected chi connectivity index (χ1v) is 13.5. The number of fused-ring (bicyclic) bond motifs is 1. The summed E-state index contributed by atoms with van der Waals surface area (Å²) in [6.45, 7) is 5.81. The molecule has 40 heavy (non-hydrogen) atoms. The first kappa shape index (κ1) is 26.8. The highest BCUT2D eigenvalue weighted by atomic mass is 16.5. The van der Waals surface area contributed by atoms with Gasteiger partial charge in [0.05, 0.1) is 28.0 Å². The average Bonchev–Trinajstić information content (AvgIpc) is 3.00. The highest BCUT2D eigenvalue weighted by Gasteiger charge is 2.24. The van der Waals surface area contributed by atoms with Gasteiger partial charge < -0.3 is 10.1 Å². The third-order valence-electron chi connectivity index (χ3n) is 6.90. The lowest BCUT2D eigenvalue weighted by Crippen LogP contribution is -2.32. The molecule has 0 aliphatic heterocycles. The van der Waals surface area contributed by atoms with Gasteiger partial charge in [-0.05, 0) is 49.1 Å². The molecular weight excluding hydrogens is 498 g/mol. The van der Waals surface area contributed by atoms with Crippen LogP contribution in [0.3, 0.4) is 0 Å². The summed E-state index contributed by atoms with van der Waals surface area (Å²) in [5.74, 6) is -0.932. The van der Waals surface area contributed by atoms with E-state index in [2.05, 4.69) is 5.32 Å². The molecular formula is C34H31N3O3. The van der Waals surface area contributed by atoms with Gasteiger partial charge in [-0.15, -0.1) is 0 Å². The van der Waals surface area contributed by atoms with Crippen molar-refractivity contribution in [1.82, 2.24) is 9.97 Å². The number of carbonyl (C=O) groups excluding carboxylic acids is 2. The smallest absolute Gasteiger partial charge is 0.338 e. The topological polar surface area (TPSA) is 81.2 Å². The van der Waals surface area contributed by atoms with Crippen LogP contribution in [0.2, 0.25) is 0 Å². The zero-order chi connectivity index (χ0) is 28.1. The summed E-state index contributed by atoms with van der Waals surface area (Å²) in [7, 11) is 0. The van der Waals surface area contributed by atoms with E-state index in [1.54, 1.807) is 18.2 Å². The molecule has 0 aliphatic rings. The number of carbonyl (C=O) groups is 2. The van der Waals surface area contributed by atoms with Crippen molar-refractivity contribution in [1.29, 1.82) is 0 Å². The number of nitrogens with zero attached hydrogens (tertiary/aromatic N) is 2. The Hall–Kier alpha value is -4.84. The molecule has 0 radical (unpaired) electrons. The van der Waals surface area contributed by atoms with Crippen molar-refractivity contribution >= 4 is 28.6 Å². The van der Waals surface area contributed by atoms with Crippen molar-refractivity contribution in [2.24, 2.45) is 0 Å². The lowest BCUT2D eigenvalue weighted by molar-refractivity contribution is -0.124. The lowest BCUT2D eigenvalue weighted by atomic mass is 10.0. The van der Waals surface area contributed by atoms with Gasteiger partial charge in [0.2, 0.25) is 0 Å². The lowest BCUT2D eigenvalue weighted by Gasteiger charge is -2.19. The standard InChI is InChI=1S/C34H31N3O3/c1-4-23-18-12-13-22(3)30(23)37-33(38)29(5-2)40-34(39)26-19-20-27-28(21-26)36-32(25-16-10-7-11-17-25)31(35-27)24-14-8-6-9-15-24/h6-21,29H,4-5H2,1-3H3,(H,37,38). The van der Waals surface area contributed by atoms with Gasteiger partial charge in [-0.25, -0.2) is 14.8 Å². The van der Waals surface area contributed by atoms with Crippen LogP contribution in [0.25, 0.3) is 33.5 Å². The molecule has 0 saturated carbocycles. The quantitative estimate of drug-likeness (QED) is 0.212. The zero-order valence-electron chi connectivity index (χ0n) is 22.8. The number of ether oxygens (including phenoxy) is 1. The average molecular weight is 530 g/mol. The second-order valence-electron chi connectivity index (χ2n) is 9.61. The second kappa shape index (κ2) is 11.9. The Labute approximate surface area is 234 Å². The Balaban J connectivity index is 1.44. The van der Waals surface area contributed by atoms with Crippen LogP contribution in [-0.2, 0) is 16.0 Å². The number of benzene rings is 4. The van der Waals surface area contributed by atoms with E-state index in [9.17, 15) is 9.59 Å². The molecule has 0 bridgehead atoms. The number of aromatic nitrogens is 2. The van der Waals surface area contributed by atoms with Gasteiger partial charge >= 0.3 is 5.97 Å². The van der Waals surface area contributed by atoms with E-state index in [0.29, 0.717) is 23.0 Å². The highest BCUT2D eigenvalue weighted by molar-refractivity contribution is 5.99. The van der Waals surface area contributed by atoms with Crippen LogP contribution in [0.1, 0.15) is 41.8 Å². The van der Waals surface area contributed by atoms with E-state index in [4.69, 9.17) is 14.7 Å². The Bertz CT molecular complexity index is 1670. The molecule has 1 amide bonds. The van der Waals surface area contributed by atoms with Crippen LogP contribution in [-0.4, -0.2) is 27.9 Å². The van der Waals surface area contributed by atoms with E-state index in [-0.39, 0.29) is 5.91 Å². The molecule has 5 rings (SSSR count). The van der Waals surface area contributed by atoms with Crippen LogP contribution in [0, 0.1) is 6.92 Å². The molecule has 1 unspecified atom stereocenters. The molecule has 0 spiro atoms. The molecule has 6 nitrogen and oxygen atoms in total. The van der Waals surface area contributed by atoms with Crippen molar-refractivity contribution in [3.8, 4) is 22.5 Å². The van der Waals surface area contributed by atoms with E-state index in [1.165, 1.54) is 0 Å². The van der Waals surface area contributed by atoms with Gasteiger partial charge in [0.25, 0.3) is 5.91 Å². The fourth-order valence-electron chi connectivity index (χ4n) is 4.70. The number of nitrogens with one attached hydrogen (secondary N) is 1. The fraction of sp³-hybridized carbons (Fsp3) is 0.176. The summed E-state index contributed by atoms with van der Waals surface area (Å²) in [5.41, 5.74) is 7.67. The summed E-state index contributed by atoms with van der Waals surface area (Å²) < 4.78 is 5.69. The number of hydrogen-bond acceptors (Lipinski definition) is 5. The van der Waals surface area contributed by atoms with Crippen molar-refractivity contribution in [3.63, 3.8) is 0 Å². The van der Waals surface area contributed by atoms with Crippen LogP contribution in [0.5, 0.6) is 0 Å². The highest BCUT2D eigenvalue weighted by Crippen LogP contribution is 2.31. The minimum absolute atomic E-state index is 0.310. The Kier molecular flexibility index (Phi) is 7.97. The van der Waals surface area contributed by atoms with Crippen molar-refractivity contribution < 1.29 is 14.3 Å². The first-order chi connectivity index (χ1) is 19.5. The van der Waals surface area contributed by atoms with Crippen LogP contribution < -0.4 is 5.32 Å². The molecule has 1 atom stereocenters. The summed E-state index contributed by atoms with van der Waals surface area (Å²) in [4.78, 5) is 36.2. The summed E-state index contributed by atoms with van der Waals surface area (Å²) >= 11 is 0. The van der Waals surface area contributed by atoms with Crippen molar-refractivity contribution in [3.05, 3.63) is 114 Å². The van der Waals surface area contributed by atoms with Gasteiger partial charge in [-0.1, -0.05) is 92.7 Å². The van der Waals surface area contributed by atoms with Gasteiger partial charge in [0.15, 0.2) is 6.10 Å². The Morgan fingerprint density at radius 2 is 1.40 bits per heavy atom. The van der Waals surface area contributed by atoms with Crippen LogP contribution >= 0.6 is 0 Å². The SMILES string of the molecule is CCc1cccc(C)c1NC(=O)C(CC)OC(=O)c1ccc2nc(-c3ccccc3)c(-c3ccccc3)nc2c1. The zero-order valence-corrected chi connectivity index (χ0v) is 22.8. The summed E-state index contributed by atoms with van der Waals surface area (Å²) in [6, 6.07) is 30.8. The van der Waals surface area contributed by atoms with Gasteiger partial charge in [-0.3, -0.25) is 4.79 Å². The molecule has 1 heterocycles. The molecule has 6 heteroatoms. The minimum Gasteiger partial charge on any atom is -0.449 e. The molecule has 0 aliphatic carbocycles. The maximum absolute atomic E-state index is 13.2. The van der Waals surface area contributed by atoms with Crippen LogP contribution in [0.4, 0.5) is 5.69 Å². The first-order valence-electron chi connectivity index (χ1n) is 13.5. The normalized spacial score (nSPS) is 11.7. The maximum Gasteiger partial charge on any atom is 0.338 e. The molecule has 0 saturated heterocycles. The van der Waals surface area contributed by atoms with E-state index < -0.39 is 12.1 Å². The van der Waals surface area contributed by atoms with Crippen molar-refractivity contribution in [2.75, 3.05) is 5.32 Å². The fourth-order valence-corrected chi connectivity index (χ4v) is 4.70. The largest absolute Gasteiger partial charge is 0.449 e. The van der Waals surface area contributed by atoms with Gasteiger partial charge in [0.1, 0.15) is 0 Å². The molecule has 0 fully saturated rings. The molecule has 200 valence electrons.